The second-order valence-corrected chi connectivity index (χ2v) is 5.78. The van der Waals surface area contributed by atoms with E-state index < -0.39 is 18.3 Å². The quantitative estimate of drug-likeness (QED) is 0.836. The molecule has 1 aromatic rings. The molecule has 1 saturated heterocycles. The lowest BCUT2D eigenvalue weighted by Gasteiger charge is -2.32. The highest BCUT2D eigenvalue weighted by atomic mass is 19.1. The van der Waals surface area contributed by atoms with Crippen molar-refractivity contribution in [2.24, 2.45) is 0 Å². The number of rotatable bonds is 3. The van der Waals surface area contributed by atoms with E-state index in [0.717, 1.165) is 0 Å². The number of hydrogen-bond donors (Lipinski definition) is 1. The van der Waals surface area contributed by atoms with Crippen molar-refractivity contribution in [3.8, 4) is 0 Å². The Morgan fingerprint density at radius 1 is 1.26 bits per heavy atom. The van der Waals surface area contributed by atoms with E-state index in [1.54, 1.807) is 19.3 Å². The second-order valence-electron chi connectivity index (χ2n) is 5.78. The topological polar surface area (TPSA) is 43.4 Å². The van der Waals surface area contributed by atoms with E-state index in [2.05, 4.69) is 10.3 Å². The molecule has 2 heterocycles. The van der Waals surface area contributed by atoms with Crippen molar-refractivity contribution in [1.29, 1.82) is 0 Å². The van der Waals surface area contributed by atoms with E-state index in [1.165, 1.54) is 0 Å². The van der Waals surface area contributed by atoms with Crippen molar-refractivity contribution in [3.63, 3.8) is 0 Å². The number of aromatic nitrogens is 1. The highest BCUT2D eigenvalue weighted by molar-refractivity contribution is 6.62. The number of hydrogen-bond acceptors (Lipinski definition) is 4. The van der Waals surface area contributed by atoms with Gasteiger partial charge in [-0.1, -0.05) is 0 Å². The van der Waals surface area contributed by atoms with Crippen molar-refractivity contribution >= 4 is 12.6 Å². The van der Waals surface area contributed by atoms with Crippen LogP contribution < -0.4 is 10.8 Å². The van der Waals surface area contributed by atoms with Crippen LogP contribution in [0.1, 0.15) is 33.4 Å². The van der Waals surface area contributed by atoms with Gasteiger partial charge in [0.2, 0.25) is 0 Å². The van der Waals surface area contributed by atoms with Gasteiger partial charge in [0.25, 0.3) is 0 Å². The van der Waals surface area contributed by atoms with Crippen LogP contribution in [-0.4, -0.2) is 30.4 Å². The summed E-state index contributed by atoms with van der Waals surface area (Å²) in [6.45, 7) is 8.15. The zero-order valence-electron chi connectivity index (χ0n) is 12.1. The van der Waals surface area contributed by atoms with Gasteiger partial charge in [0.15, 0.2) is 0 Å². The second kappa shape index (κ2) is 4.85. The molecular weight excluding hydrogens is 246 g/mol. The number of nitrogens with zero attached hydrogens (tertiary/aromatic N) is 1. The van der Waals surface area contributed by atoms with Crippen molar-refractivity contribution in [3.05, 3.63) is 23.8 Å². The third kappa shape index (κ3) is 2.52. The smallest absolute Gasteiger partial charge is 0.399 e. The van der Waals surface area contributed by atoms with Crippen LogP contribution in [0, 0.1) is 5.82 Å². The Morgan fingerprint density at radius 2 is 1.84 bits per heavy atom. The fourth-order valence-electron chi connectivity index (χ4n) is 1.95. The number of nitrogens with one attached hydrogen (secondary N) is 1. The molecule has 0 bridgehead atoms. The Morgan fingerprint density at radius 3 is 2.37 bits per heavy atom. The van der Waals surface area contributed by atoms with Crippen LogP contribution in [0.2, 0.25) is 0 Å². The number of halogens is 1. The fourth-order valence-corrected chi connectivity index (χ4v) is 1.95. The lowest BCUT2D eigenvalue weighted by atomic mass is 9.79. The minimum atomic E-state index is -0.691. The molecule has 0 spiro atoms. The first-order chi connectivity index (χ1) is 8.78. The maximum Gasteiger partial charge on any atom is 0.497 e. The fraction of sp³-hybridized carbons (Fsp3) is 0.615. The highest BCUT2D eigenvalue weighted by Gasteiger charge is 2.52. The van der Waals surface area contributed by atoms with Crippen LogP contribution >= 0.6 is 0 Å². The monoisotopic (exact) mass is 266 g/mol. The third-order valence-corrected chi connectivity index (χ3v) is 3.84. The molecule has 0 radical (unpaired) electrons. The molecule has 4 nitrogen and oxygen atoms in total. The molecule has 6 heteroatoms. The van der Waals surface area contributed by atoms with E-state index in [1.807, 2.05) is 27.7 Å². The first kappa shape index (κ1) is 14.4. The summed E-state index contributed by atoms with van der Waals surface area (Å²) in [5.74, 6) is -0.365. The van der Waals surface area contributed by atoms with Gasteiger partial charge in [0.05, 0.1) is 16.9 Å². The Hall–Kier alpha value is -0.975. The molecule has 19 heavy (non-hydrogen) atoms. The Balaban J connectivity index is 2.32. The van der Waals surface area contributed by atoms with Gasteiger partial charge >= 0.3 is 7.12 Å². The summed E-state index contributed by atoms with van der Waals surface area (Å²) in [7, 11) is 1.06. The van der Waals surface area contributed by atoms with Crippen LogP contribution in [-0.2, 0) is 15.9 Å². The van der Waals surface area contributed by atoms with Crippen LogP contribution in [0.25, 0.3) is 0 Å². The average molecular weight is 266 g/mol. The predicted molar refractivity (Wildman–Crippen MR) is 72.7 cm³/mol. The van der Waals surface area contributed by atoms with E-state index in [-0.39, 0.29) is 5.82 Å². The summed E-state index contributed by atoms with van der Waals surface area (Å²) in [6, 6.07) is 1.61. The van der Waals surface area contributed by atoms with E-state index in [0.29, 0.717) is 17.7 Å². The van der Waals surface area contributed by atoms with Crippen LogP contribution in [0.5, 0.6) is 0 Å². The predicted octanol–water partition coefficient (Wildman–Crippen LogP) is 1.24. The molecule has 104 valence electrons. The van der Waals surface area contributed by atoms with Crippen molar-refractivity contribution < 1.29 is 13.7 Å². The lowest BCUT2D eigenvalue weighted by molar-refractivity contribution is 0.00578. The standard InChI is InChI=1S/C13H20BFN2O2/c1-12(2)13(3,4)19-14(18-12)9-6-7-17-10(8-16-5)11(9)15/h6-7,16H,8H2,1-5H3. The summed E-state index contributed by atoms with van der Waals surface area (Å²) in [4.78, 5) is 4.02. The lowest BCUT2D eigenvalue weighted by Crippen LogP contribution is -2.41. The first-order valence-electron chi connectivity index (χ1n) is 6.42. The summed E-state index contributed by atoms with van der Waals surface area (Å²) in [5.41, 5.74) is -0.179. The molecule has 1 N–H and O–H groups in total. The maximum atomic E-state index is 14.4. The largest absolute Gasteiger partial charge is 0.497 e. The van der Waals surface area contributed by atoms with Crippen molar-refractivity contribution in [2.45, 2.75) is 45.4 Å². The van der Waals surface area contributed by atoms with E-state index in [4.69, 9.17) is 9.31 Å². The van der Waals surface area contributed by atoms with Gasteiger partial charge in [-0.05, 0) is 40.8 Å². The molecule has 1 aromatic heterocycles. The Labute approximate surface area is 113 Å². The van der Waals surface area contributed by atoms with Gasteiger partial charge in [0, 0.05) is 18.2 Å². The van der Waals surface area contributed by atoms with Crippen LogP contribution in [0.3, 0.4) is 0 Å². The normalized spacial score (nSPS) is 20.8. The Bertz CT molecular complexity index is 464. The number of pyridine rings is 1. The molecule has 0 atom stereocenters. The maximum absolute atomic E-state index is 14.4. The van der Waals surface area contributed by atoms with Crippen molar-refractivity contribution in [2.75, 3.05) is 7.05 Å². The molecule has 0 aliphatic carbocycles. The zero-order valence-corrected chi connectivity index (χ0v) is 12.1. The summed E-state index contributed by atoms with van der Waals surface area (Å²) in [5, 5.41) is 2.89. The molecular formula is C13H20BFN2O2. The zero-order chi connectivity index (χ0) is 14.3. The van der Waals surface area contributed by atoms with E-state index in [9.17, 15) is 4.39 Å². The molecule has 2 rings (SSSR count). The van der Waals surface area contributed by atoms with Gasteiger partial charge in [0.1, 0.15) is 5.82 Å². The summed E-state index contributed by atoms with van der Waals surface area (Å²) < 4.78 is 26.1. The van der Waals surface area contributed by atoms with Crippen LogP contribution in [0.15, 0.2) is 12.3 Å². The molecule has 1 aliphatic rings. The summed E-state index contributed by atoms with van der Waals surface area (Å²) in [6.07, 6.45) is 1.58. The molecule has 1 aliphatic heterocycles. The average Bonchev–Trinajstić information content (AvgIpc) is 2.51. The van der Waals surface area contributed by atoms with Gasteiger partial charge in [-0.15, -0.1) is 0 Å². The van der Waals surface area contributed by atoms with Gasteiger partial charge in [-0.25, -0.2) is 4.39 Å². The molecule has 0 unspecified atom stereocenters. The van der Waals surface area contributed by atoms with E-state index >= 15 is 0 Å². The highest BCUT2D eigenvalue weighted by Crippen LogP contribution is 2.36. The third-order valence-electron chi connectivity index (χ3n) is 3.84. The van der Waals surface area contributed by atoms with Crippen LogP contribution in [0.4, 0.5) is 4.39 Å². The van der Waals surface area contributed by atoms with Gasteiger partial charge in [-0.3, -0.25) is 4.98 Å². The molecule has 1 fully saturated rings. The molecule has 0 aromatic carbocycles. The molecule has 0 saturated carbocycles. The van der Waals surface area contributed by atoms with Gasteiger partial charge < -0.3 is 14.6 Å². The Kier molecular flexibility index (Phi) is 3.68. The van der Waals surface area contributed by atoms with Crippen molar-refractivity contribution in [1.82, 2.24) is 10.3 Å². The van der Waals surface area contributed by atoms with Gasteiger partial charge in [-0.2, -0.15) is 0 Å². The molecule has 0 amide bonds. The summed E-state index contributed by atoms with van der Waals surface area (Å²) >= 11 is 0. The first-order valence-corrected chi connectivity index (χ1v) is 6.42. The minimum absolute atomic E-state index is 0.365. The minimum Gasteiger partial charge on any atom is -0.399 e. The SMILES string of the molecule is CNCc1nccc(B2OC(C)(C)C(C)(C)O2)c1F.